The molecule has 2 atom stereocenters. The number of hydrogen-bond donors (Lipinski definition) is 2. The molecule has 4 N–H and O–H groups in total. The highest BCUT2D eigenvalue weighted by Crippen LogP contribution is 2.49. The minimum atomic E-state index is -0.0965. The molecule has 0 aromatic heterocycles. The smallest absolute Gasteiger partial charge is 0.306 e. The standard InChI is InChI=1S/C17H25N3O3/c1-2-22-16(21)11-13-10-15(13)12-4-6-14(7-5-12)23-9-3-8-20-17(18)19/h4-7,13,15H,2-3,8-11H2,1H3,(H4,18,19,20). The van der Waals surface area contributed by atoms with E-state index in [1.54, 1.807) is 0 Å². The van der Waals surface area contributed by atoms with Gasteiger partial charge in [0.2, 0.25) is 0 Å². The van der Waals surface area contributed by atoms with Crippen molar-refractivity contribution in [3.8, 4) is 5.75 Å². The van der Waals surface area contributed by atoms with Crippen LogP contribution in [0.3, 0.4) is 0 Å². The lowest BCUT2D eigenvalue weighted by Crippen LogP contribution is -2.23. The zero-order chi connectivity index (χ0) is 16.7. The SMILES string of the molecule is CCOC(=O)CC1CC1c1ccc(OCCCN=C(N)N)cc1. The average Bonchev–Trinajstić information content (AvgIpc) is 3.26. The van der Waals surface area contributed by atoms with E-state index in [4.69, 9.17) is 20.9 Å². The molecule has 0 aliphatic heterocycles. The van der Waals surface area contributed by atoms with Crippen molar-refractivity contribution < 1.29 is 14.3 Å². The lowest BCUT2D eigenvalue weighted by Gasteiger charge is -2.07. The van der Waals surface area contributed by atoms with Gasteiger partial charge in [0.05, 0.1) is 13.2 Å². The molecular weight excluding hydrogens is 294 g/mol. The summed E-state index contributed by atoms with van der Waals surface area (Å²) in [5.41, 5.74) is 11.8. The van der Waals surface area contributed by atoms with Crippen molar-refractivity contribution in [2.24, 2.45) is 22.4 Å². The van der Waals surface area contributed by atoms with E-state index in [1.165, 1.54) is 5.56 Å². The van der Waals surface area contributed by atoms with Crippen LogP contribution in [0.1, 0.15) is 37.7 Å². The van der Waals surface area contributed by atoms with Crippen molar-refractivity contribution >= 4 is 11.9 Å². The third-order valence-corrected chi connectivity index (χ3v) is 3.83. The molecule has 1 aromatic carbocycles. The first kappa shape index (κ1) is 17.1. The third kappa shape index (κ3) is 5.81. The predicted octanol–water partition coefficient (Wildman–Crippen LogP) is 1.79. The second-order valence-corrected chi connectivity index (χ2v) is 5.69. The van der Waals surface area contributed by atoms with Gasteiger partial charge in [-0.2, -0.15) is 0 Å². The van der Waals surface area contributed by atoms with Gasteiger partial charge in [0.15, 0.2) is 5.96 Å². The average molecular weight is 319 g/mol. The van der Waals surface area contributed by atoms with Crippen LogP contribution in [0, 0.1) is 5.92 Å². The highest BCUT2D eigenvalue weighted by atomic mass is 16.5. The van der Waals surface area contributed by atoms with Crippen LogP contribution in [0.2, 0.25) is 0 Å². The Morgan fingerprint density at radius 3 is 2.70 bits per heavy atom. The van der Waals surface area contributed by atoms with Gasteiger partial charge in [-0.15, -0.1) is 0 Å². The van der Waals surface area contributed by atoms with E-state index < -0.39 is 0 Å². The Labute approximate surface area is 136 Å². The molecule has 1 saturated carbocycles. The quantitative estimate of drug-likeness (QED) is 0.313. The fourth-order valence-electron chi connectivity index (χ4n) is 2.59. The summed E-state index contributed by atoms with van der Waals surface area (Å²) in [5.74, 6) is 1.73. The van der Waals surface area contributed by atoms with Gasteiger partial charge in [0.1, 0.15) is 5.75 Å². The number of ether oxygens (including phenoxy) is 2. The Balaban J connectivity index is 1.71. The van der Waals surface area contributed by atoms with Gasteiger partial charge in [-0.3, -0.25) is 9.79 Å². The maximum absolute atomic E-state index is 11.5. The van der Waals surface area contributed by atoms with Gasteiger partial charge in [0, 0.05) is 19.4 Å². The van der Waals surface area contributed by atoms with E-state index in [2.05, 4.69) is 17.1 Å². The molecule has 0 radical (unpaired) electrons. The van der Waals surface area contributed by atoms with Crippen LogP contribution in [0.25, 0.3) is 0 Å². The minimum absolute atomic E-state index is 0.0965. The Bertz CT molecular complexity index is 539. The molecule has 2 rings (SSSR count). The monoisotopic (exact) mass is 319 g/mol. The summed E-state index contributed by atoms with van der Waals surface area (Å²) in [5, 5.41) is 0. The Hall–Kier alpha value is -2.24. The zero-order valence-corrected chi connectivity index (χ0v) is 13.5. The minimum Gasteiger partial charge on any atom is -0.494 e. The van der Waals surface area contributed by atoms with Crippen LogP contribution < -0.4 is 16.2 Å². The number of esters is 1. The fraction of sp³-hybridized carbons (Fsp3) is 0.529. The molecule has 0 heterocycles. The molecule has 1 aromatic rings. The highest BCUT2D eigenvalue weighted by molar-refractivity contribution is 5.75. The lowest BCUT2D eigenvalue weighted by atomic mass is 10.1. The second-order valence-electron chi connectivity index (χ2n) is 5.69. The van der Waals surface area contributed by atoms with Crippen LogP contribution >= 0.6 is 0 Å². The van der Waals surface area contributed by atoms with Gasteiger partial charge in [0.25, 0.3) is 0 Å². The van der Waals surface area contributed by atoms with E-state index >= 15 is 0 Å². The normalized spacial score (nSPS) is 19.0. The van der Waals surface area contributed by atoms with E-state index in [9.17, 15) is 4.79 Å². The summed E-state index contributed by atoms with van der Waals surface area (Å²) < 4.78 is 10.6. The lowest BCUT2D eigenvalue weighted by molar-refractivity contribution is -0.143. The first-order chi connectivity index (χ1) is 11.1. The van der Waals surface area contributed by atoms with Gasteiger partial charge in [-0.05, 0) is 42.9 Å². The molecular formula is C17H25N3O3. The van der Waals surface area contributed by atoms with Crippen molar-refractivity contribution in [1.82, 2.24) is 0 Å². The first-order valence-corrected chi connectivity index (χ1v) is 8.04. The number of hydrogen-bond acceptors (Lipinski definition) is 4. The molecule has 0 spiro atoms. The number of guanidine groups is 1. The number of rotatable bonds is 9. The Morgan fingerprint density at radius 1 is 1.30 bits per heavy atom. The maximum atomic E-state index is 11.5. The van der Waals surface area contributed by atoms with Crippen LogP contribution in [0.4, 0.5) is 0 Å². The molecule has 0 bridgehead atoms. The molecule has 126 valence electrons. The Morgan fingerprint density at radius 2 is 2.04 bits per heavy atom. The Kier molecular flexibility index (Phi) is 6.26. The van der Waals surface area contributed by atoms with Crippen LogP contribution in [0.15, 0.2) is 29.3 Å². The highest BCUT2D eigenvalue weighted by Gasteiger charge is 2.39. The van der Waals surface area contributed by atoms with Gasteiger partial charge in [-0.25, -0.2) is 0 Å². The molecule has 1 fully saturated rings. The number of benzene rings is 1. The zero-order valence-electron chi connectivity index (χ0n) is 13.5. The number of carbonyl (C=O) groups is 1. The van der Waals surface area contributed by atoms with Crippen molar-refractivity contribution in [2.75, 3.05) is 19.8 Å². The van der Waals surface area contributed by atoms with Crippen molar-refractivity contribution in [2.45, 2.75) is 32.1 Å². The van der Waals surface area contributed by atoms with Crippen LogP contribution in [0.5, 0.6) is 5.75 Å². The van der Waals surface area contributed by atoms with E-state index in [1.807, 2.05) is 19.1 Å². The molecule has 23 heavy (non-hydrogen) atoms. The topological polar surface area (TPSA) is 99.9 Å². The van der Waals surface area contributed by atoms with Crippen molar-refractivity contribution in [1.29, 1.82) is 0 Å². The largest absolute Gasteiger partial charge is 0.494 e. The van der Waals surface area contributed by atoms with Crippen molar-refractivity contribution in [3.05, 3.63) is 29.8 Å². The maximum Gasteiger partial charge on any atom is 0.306 e. The first-order valence-electron chi connectivity index (χ1n) is 8.04. The number of nitrogens with two attached hydrogens (primary N) is 2. The number of aliphatic imine (C=N–C) groups is 1. The molecule has 0 saturated heterocycles. The number of carbonyl (C=O) groups excluding carboxylic acids is 1. The van der Waals surface area contributed by atoms with Crippen LogP contribution in [-0.2, 0) is 9.53 Å². The number of nitrogens with zero attached hydrogens (tertiary/aromatic N) is 1. The summed E-state index contributed by atoms with van der Waals surface area (Å²) in [7, 11) is 0. The van der Waals surface area contributed by atoms with Crippen LogP contribution in [-0.4, -0.2) is 31.7 Å². The van der Waals surface area contributed by atoms with Gasteiger partial charge >= 0.3 is 5.97 Å². The third-order valence-electron chi connectivity index (χ3n) is 3.83. The van der Waals surface area contributed by atoms with Gasteiger partial charge < -0.3 is 20.9 Å². The van der Waals surface area contributed by atoms with E-state index in [0.717, 1.165) is 18.6 Å². The second kappa shape index (κ2) is 8.41. The molecule has 6 heteroatoms. The molecule has 0 amide bonds. The summed E-state index contributed by atoms with van der Waals surface area (Å²) in [4.78, 5) is 15.4. The molecule has 1 aliphatic carbocycles. The summed E-state index contributed by atoms with van der Waals surface area (Å²) in [6, 6.07) is 8.08. The summed E-state index contributed by atoms with van der Waals surface area (Å²) in [6.07, 6.45) is 2.34. The van der Waals surface area contributed by atoms with E-state index in [-0.39, 0.29) is 11.9 Å². The summed E-state index contributed by atoms with van der Waals surface area (Å²) >= 11 is 0. The van der Waals surface area contributed by atoms with E-state index in [0.29, 0.717) is 38.0 Å². The summed E-state index contributed by atoms with van der Waals surface area (Å²) in [6.45, 7) is 3.42. The molecule has 1 aliphatic rings. The van der Waals surface area contributed by atoms with Crippen molar-refractivity contribution in [3.63, 3.8) is 0 Å². The van der Waals surface area contributed by atoms with Gasteiger partial charge in [-0.1, -0.05) is 12.1 Å². The predicted molar refractivity (Wildman–Crippen MR) is 89.3 cm³/mol. The fourth-order valence-corrected chi connectivity index (χ4v) is 2.59. The molecule has 6 nitrogen and oxygen atoms in total. The molecule has 2 unspecified atom stereocenters.